The summed E-state index contributed by atoms with van der Waals surface area (Å²) in [7, 11) is 4.54. The van der Waals surface area contributed by atoms with Gasteiger partial charge in [-0.1, -0.05) is 13.8 Å². The first-order valence-electron chi connectivity index (χ1n) is 6.55. The topological polar surface area (TPSA) is 106 Å². The van der Waals surface area contributed by atoms with Gasteiger partial charge >= 0.3 is 19.5 Å². The summed E-state index contributed by atoms with van der Waals surface area (Å²) < 4.78 is 0. The Morgan fingerprint density at radius 3 is 1.05 bits per heavy atom. The molecule has 0 amide bonds. The maximum atomic E-state index is 8.79. The number of carbonyl (C=O) groups excluding carboxylic acids is 1. The Kier molecular flexibility index (Phi) is 44.3. The van der Waals surface area contributed by atoms with Gasteiger partial charge in [0.05, 0.1) is 0 Å². The van der Waals surface area contributed by atoms with Crippen molar-refractivity contribution >= 4 is 6.79 Å². The molecule has 0 saturated carbocycles. The van der Waals surface area contributed by atoms with Gasteiger partial charge in [0, 0.05) is 19.3 Å². The van der Waals surface area contributed by atoms with Crippen LogP contribution in [0.25, 0.3) is 10.6 Å². The van der Waals surface area contributed by atoms with E-state index in [1.54, 1.807) is 27.9 Å². The van der Waals surface area contributed by atoms with Gasteiger partial charge in [-0.2, -0.15) is 14.1 Å². The molecule has 0 heterocycles. The molecule has 7 heteroatoms. The zero-order valence-electron chi connectivity index (χ0n) is 14.3. The smallest absolute Gasteiger partial charge is 0.662 e. The van der Waals surface area contributed by atoms with E-state index in [9.17, 15) is 0 Å². The van der Waals surface area contributed by atoms with Gasteiger partial charge in [-0.15, -0.1) is 12.1 Å². The average Bonchev–Trinajstić information content (AvgIpc) is 2.42. The zero-order chi connectivity index (χ0) is 17.1. The van der Waals surface area contributed by atoms with Crippen molar-refractivity contribution in [2.45, 2.75) is 64.8 Å². The molecule has 0 saturated heterocycles. The number of aliphatic hydroxyl groups excluding tert-OH is 3. The summed E-state index contributed by atoms with van der Waals surface area (Å²) in [6.45, 7) is 10.8. The van der Waals surface area contributed by atoms with Crippen LogP contribution in [0.5, 0.6) is 0 Å². The minimum Gasteiger partial charge on any atom is -0.662 e. The quantitative estimate of drug-likeness (QED) is 0.362. The Balaban J connectivity index is -0.0000000630. The minimum absolute atomic E-state index is 0. The van der Waals surface area contributed by atoms with Gasteiger partial charge in [-0.3, -0.25) is 6.79 Å². The number of hydrogen-bond acceptors (Lipinski definition) is 4. The van der Waals surface area contributed by atoms with Crippen LogP contribution >= 0.6 is 0 Å². The fraction of sp³-hybridized carbons (Fsp3) is 0.929. The number of aliphatic hydroxyl groups is 3. The van der Waals surface area contributed by atoms with Crippen LogP contribution in [-0.4, -0.2) is 67.6 Å². The summed E-state index contributed by atoms with van der Waals surface area (Å²) in [6, 6.07) is 0.602. The molecule has 21 heavy (non-hydrogen) atoms. The first-order valence-corrected chi connectivity index (χ1v) is 6.55. The van der Waals surface area contributed by atoms with Crippen LogP contribution in [0.15, 0.2) is 0 Å². The van der Waals surface area contributed by atoms with Gasteiger partial charge in [0.2, 0.25) is 0 Å². The van der Waals surface area contributed by atoms with Crippen molar-refractivity contribution in [3.05, 3.63) is 10.6 Å². The summed E-state index contributed by atoms with van der Waals surface area (Å²) in [5.41, 5.74) is 0. The van der Waals surface area contributed by atoms with Crippen LogP contribution in [0, 0.1) is 0 Å². The molecule has 0 aliphatic carbocycles. The Morgan fingerprint density at radius 1 is 0.810 bits per heavy atom. The van der Waals surface area contributed by atoms with Crippen molar-refractivity contribution in [2.24, 2.45) is 0 Å². The van der Waals surface area contributed by atoms with E-state index < -0.39 is 0 Å². The standard InChI is InChI=1S/2C6H14NO.CH4O.CHO.Ru/c2*1-5(7-3)4-6(2)8;2*1-2;/h2*5-6,8H,4H2,1-3H3;2H,1H3;1H;/q2*-1;;-1;+3. The third-order valence-corrected chi connectivity index (χ3v) is 2.25. The Hall–Kier alpha value is 0.0934. The Bertz CT molecular complexity index is 148. The first kappa shape index (κ1) is 32.9. The molecule has 0 aliphatic heterocycles. The van der Waals surface area contributed by atoms with Crippen molar-refractivity contribution in [3.8, 4) is 0 Å². The third-order valence-electron chi connectivity index (χ3n) is 2.25. The van der Waals surface area contributed by atoms with Gasteiger partial charge in [0.1, 0.15) is 0 Å². The molecule has 4 atom stereocenters. The predicted molar refractivity (Wildman–Crippen MR) is 85.0 cm³/mol. The van der Waals surface area contributed by atoms with Crippen LogP contribution in [0.3, 0.4) is 0 Å². The molecule has 0 spiro atoms. The van der Waals surface area contributed by atoms with E-state index in [0.29, 0.717) is 12.1 Å². The fourth-order valence-corrected chi connectivity index (χ4v) is 1.20. The van der Waals surface area contributed by atoms with Gasteiger partial charge < -0.3 is 30.7 Å². The Morgan fingerprint density at radius 2 is 1.00 bits per heavy atom. The first-order chi connectivity index (χ1) is 9.33. The van der Waals surface area contributed by atoms with E-state index in [1.165, 1.54) is 0 Å². The molecule has 6 nitrogen and oxygen atoms in total. The number of rotatable bonds is 6. The van der Waals surface area contributed by atoms with Gasteiger partial charge in [-0.25, -0.2) is 0 Å². The fourth-order valence-electron chi connectivity index (χ4n) is 1.20. The zero-order valence-corrected chi connectivity index (χ0v) is 16.0. The molecule has 0 aromatic carbocycles. The summed E-state index contributed by atoms with van der Waals surface area (Å²) in [5, 5.41) is 32.5. The van der Waals surface area contributed by atoms with Crippen LogP contribution < -0.4 is 0 Å². The summed E-state index contributed by atoms with van der Waals surface area (Å²) in [4.78, 5) is 7.75. The van der Waals surface area contributed by atoms with Crippen molar-refractivity contribution in [2.75, 3.05) is 21.2 Å². The molecule has 0 aromatic rings. The maximum absolute atomic E-state index is 8.79. The minimum atomic E-state index is -0.214. The molecule has 0 rings (SSSR count). The SMILES string of the molecule is CO.C[N-]C(C)CC(C)O.C[N-]C(C)CC(C)O.[CH-]=O.[Ru+3]. The van der Waals surface area contributed by atoms with Crippen molar-refractivity contribution < 1.29 is 39.6 Å². The molecule has 3 N–H and O–H groups in total. The van der Waals surface area contributed by atoms with Gasteiger partial charge in [0.15, 0.2) is 0 Å². The van der Waals surface area contributed by atoms with Crippen molar-refractivity contribution in [3.63, 3.8) is 0 Å². The van der Waals surface area contributed by atoms with E-state index in [0.717, 1.165) is 20.0 Å². The summed E-state index contributed by atoms with van der Waals surface area (Å²) in [5.74, 6) is 0. The van der Waals surface area contributed by atoms with Gasteiger partial charge in [0.25, 0.3) is 0 Å². The van der Waals surface area contributed by atoms with Crippen molar-refractivity contribution in [1.82, 2.24) is 0 Å². The second-order valence-corrected chi connectivity index (χ2v) is 4.38. The summed E-state index contributed by atoms with van der Waals surface area (Å²) >= 11 is 0. The van der Waals surface area contributed by atoms with E-state index in [4.69, 9.17) is 20.1 Å². The molecular weight excluding hydrogens is 361 g/mol. The van der Waals surface area contributed by atoms with Crippen LogP contribution in [0.1, 0.15) is 40.5 Å². The van der Waals surface area contributed by atoms with Gasteiger partial charge in [-0.05, 0) is 26.7 Å². The van der Waals surface area contributed by atoms with Crippen LogP contribution in [0.2, 0.25) is 0 Å². The maximum Gasteiger partial charge on any atom is 3.00 e. The molecule has 1 radical (unpaired) electrons. The average molecular weight is 394 g/mol. The van der Waals surface area contributed by atoms with Crippen LogP contribution in [0.4, 0.5) is 0 Å². The monoisotopic (exact) mass is 395 g/mol. The third kappa shape index (κ3) is 45.0. The largest absolute Gasteiger partial charge is 3.00 e. The number of hydrogen-bond donors (Lipinski definition) is 3. The molecule has 0 aliphatic rings. The normalized spacial score (nSPS) is 14.2. The van der Waals surface area contributed by atoms with E-state index in [2.05, 4.69) is 17.4 Å². The van der Waals surface area contributed by atoms with Crippen molar-refractivity contribution in [1.29, 1.82) is 0 Å². The molecule has 0 fully saturated rings. The molecule has 4 unspecified atom stereocenters. The number of nitrogens with zero attached hydrogens (tertiary/aromatic N) is 2. The van der Waals surface area contributed by atoms with E-state index in [-0.39, 0.29) is 31.7 Å². The predicted octanol–water partition coefficient (Wildman–Crippen LogP) is 1.63. The summed E-state index contributed by atoms with van der Waals surface area (Å²) in [6.07, 6.45) is 1.12. The Labute approximate surface area is 143 Å². The molecule has 131 valence electrons. The van der Waals surface area contributed by atoms with E-state index in [1.807, 2.05) is 13.8 Å². The van der Waals surface area contributed by atoms with Crippen LogP contribution in [-0.2, 0) is 24.3 Å². The second-order valence-electron chi connectivity index (χ2n) is 4.38. The molecular formula is C14H33N2O4Ru. The molecule has 0 bridgehead atoms. The molecule has 0 aromatic heterocycles. The second kappa shape index (κ2) is 28.3. The van der Waals surface area contributed by atoms with E-state index >= 15 is 0 Å².